The zero-order chi connectivity index (χ0) is 23.6. The molecule has 33 heavy (non-hydrogen) atoms. The van der Waals surface area contributed by atoms with Crippen molar-refractivity contribution in [2.24, 2.45) is 0 Å². The minimum atomic E-state index is -3.34. The Labute approximate surface area is 200 Å². The van der Waals surface area contributed by atoms with E-state index < -0.39 is 7.60 Å². The Morgan fingerprint density at radius 3 is 2.12 bits per heavy atom. The standard InChI is InChI=1S/C27H43O5P/c1-3-5-6-7-8-9-10-11-14-20-31-33(28,24-23-30-22-21-29-4-2)32-27-19-15-17-25-16-12-13-18-26(25)27/h12-13,15-19H,3-11,14,20-24H2,1-2H3. The van der Waals surface area contributed by atoms with E-state index in [2.05, 4.69) is 6.92 Å². The van der Waals surface area contributed by atoms with Gasteiger partial charge in [0.1, 0.15) is 5.75 Å². The molecule has 0 saturated heterocycles. The minimum Gasteiger partial charge on any atom is -0.424 e. The zero-order valence-electron chi connectivity index (χ0n) is 20.6. The molecule has 2 rings (SSSR count). The topological polar surface area (TPSA) is 54.0 Å². The van der Waals surface area contributed by atoms with Crippen LogP contribution in [0.1, 0.15) is 71.6 Å². The Kier molecular flexibility index (Phi) is 14.4. The van der Waals surface area contributed by atoms with Crippen molar-refractivity contribution in [3.05, 3.63) is 42.5 Å². The molecule has 0 aliphatic rings. The number of hydrogen-bond donors (Lipinski definition) is 0. The molecule has 0 saturated carbocycles. The smallest absolute Gasteiger partial charge is 0.381 e. The fourth-order valence-electron chi connectivity index (χ4n) is 3.72. The van der Waals surface area contributed by atoms with E-state index in [-0.39, 0.29) is 6.16 Å². The maximum Gasteiger partial charge on any atom is 0.381 e. The van der Waals surface area contributed by atoms with Crippen LogP contribution in [-0.2, 0) is 18.6 Å². The Balaban J connectivity index is 1.83. The van der Waals surface area contributed by atoms with Crippen molar-refractivity contribution in [2.45, 2.75) is 71.6 Å². The van der Waals surface area contributed by atoms with Gasteiger partial charge in [-0.1, -0.05) is 94.7 Å². The van der Waals surface area contributed by atoms with E-state index in [0.717, 1.165) is 23.6 Å². The highest BCUT2D eigenvalue weighted by Gasteiger charge is 2.27. The maximum absolute atomic E-state index is 13.6. The molecule has 0 amide bonds. The van der Waals surface area contributed by atoms with Crippen LogP contribution in [0.2, 0.25) is 0 Å². The molecular weight excluding hydrogens is 435 g/mol. The molecule has 2 aromatic rings. The molecule has 0 heterocycles. The van der Waals surface area contributed by atoms with Gasteiger partial charge in [0.2, 0.25) is 0 Å². The van der Waals surface area contributed by atoms with Gasteiger partial charge >= 0.3 is 7.60 Å². The molecule has 0 bridgehead atoms. The quantitative estimate of drug-likeness (QED) is 0.142. The minimum absolute atomic E-state index is 0.222. The summed E-state index contributed by atoms with van der Waals surface area (Å²) in [5.41, 5.74) is 0. The lowest BCUT2D eigenvalue weighted by atomic mass is 10.1. The maximum atomic E-state index is 13.6. The van der Waals surface area contributed by atoms with E-state index in [1.54, 1.807) is 0 Å². The number of unbranched alkanes of at least 4 members (excludes halogenated alkanes) is 8. The second kappa shape index (κ2) is 17.1. The molecule has 1 atom stereocenters. The van der Waals surface area contributed by atoms with Gasteiger partial charge in [0, 0.05) is 12.0 Å². The third-order valence-corrected chi connectivity index (χ3v) is 7.39. The van der Waals surface area contributed by atoms with Gasteiger partial charge in [-0.2, -0.15) is 0 Å². The highest BCUT2D eigenvalue weighted by atomic mass is 31.2. The Hall–Kier alpha value is -1.39. The van der Waals surface area contributed by atoms with Crippen molar-refractivity contribution in [3.63, 3.8) is 0 Å². The molecule has 0 aliphatic carbocycles. The molecule has 0 aliphatic heterocycles. The summed E-state index contributed by atoms with van der Waals surface area (Å²) in [7, 11) is -3.34. The summed E-state index contributed by atoms with van der Waals surface area (Å²) in [4.78, 5) is 0. The number of fused-ring (bicyclic) bond motifs is 1. The molecule has 0 radical (unpaired) electrons. The fourth-order valence-corrected chi connectivity index (χ4v) is 5.21. The van der Waals surface area contributed by atoms with Crippen molar-refractivity contribution < 1.29 is 23.1 Å². The van der Waals surface area contributed by atoms with Crippen LogP contribution >= 0.6 is 7.60 Å². The molecular formula is C27H43O5P. The van der Waals surface area contributed by atoms with Crippen molar-refractivity contribution in [1.29, 1.82) is 0 Å². The van der Waals surface area contributed by atoms with Crippen LogP contribution in [0.25, 0.3) is 10.8 Å². The van der Waals surface area contributed by atoms with E-state index >= 15 is 0 Å². The lowest BCUT2D eigenvalue weighted by Crippen LogP contribution is -2.11. The van der Waals surface area contributed by atoms with Gasteiger partial charge in [-0.05, 0) is 24.8 Å². The van der Waals surface area contributed by atoms with Gasteiger partial charge in [-0.3, -0.25) is 4.52 Å². The summed E-state index contributed by atoms with van der Waals surface area (Å²) in [6.07, 6.45) is 11.3. The predicted octanol–water partition coefficient (Wildman–Crippen LogP) is 8.01. The number of ether oxygens (including phenoxy) is 2. The molecule has 1 unspecified atom stereocenters. The third kappa shape index (κ3) is 11.5. The number of rotatable bonds is 20. The van der Waals surface area contributed by atoms with E-state index in [1.165, 1.54) is 44.9 Å². The lowest BCUT2D eigenvalue weighted by Gasteiger charge is -2.20. The van der Waals surface area contributed by atoms with E-state index in [4.69, 9.17) is 18.5 Å². The monoisotopic (exact) mass is 478 g/mol. The first-order valence-electron chi connectivity index (χ1n) is 12.7. The van der Waals surface area contributed by atoms with Crippen LogP contribution in [0.15, 0.2) is 42.5 Å². The summed E-state index contributed by atoms with van der Waals surface area (Å²) in [5, 5.41) is 1.98. The summed E-state index contributed by atoms with van der Waals surface area (Å²) < 4.78 is 36.4. The fraction of sp³-hybridized carbons (Fsp3) is 0.630. The Morgan fingerprint density at radius 2 is 1.36 bits per heavy atom. The number of hydrogen-bond acceptors (Lipinski definition) is 5. The van der Waals surface area contributed by atoms with E-state index in [1.807, 2.05) is 49.4 Å². The van der Waals surface area contributed by atoms with Crippen LogP contribution in [0, 0.1) is 0 Å². The van der Waals surface area contributed by atoms with Gasteiger partial charge < -0.3 is 14.0 Å². The third-order valence-electron chi connectivity index (χ3n) is 5.61. The molecule has 6 heteroatoms. The van der Waals surface area contributed by atoms with Gasteiger partial charge in [0.15, 0.2) is 0 Å². The Morgan fingerprint density at radius 1 is 0.697 bits per heavy atom. The average molecular weight is 479 g/mol. The van der Waals surface area contributed by atoms with Crippen LogP contribution in [0.5, 0.6) is 5.75 Å². The van der Waals surface area contributed by atoms with Crippen LogP contribution < -0.4 is 4.52 Å². The first kappa shape index (κ1) is 27.9. The molecule has 0 aromatic heterocycles. The van der Waals surface area contributed by atoms with E-state index in [9.17, 15) is 4.57 Å². The van der Waals surface area contributed by atoms with Crippen molar-refractivity contribution >= 4 is 18.4 Å². The first-order chi connectivity index (χ1) is 16.2. The van der Waals surface area contributed by atoms with Gasteiger partial charge in [0.05, 0.1) is 32.6 Å². The molecule has 0 N–H and O–H groups in total. The van der Waals surface area contributed by atoms with Gasteiger partial charge in [-0.15, -0.1) is 0 Å². The molecule has 0 fully saturated rings. The van der Waals surface area contributed by atoms with Gasteiger partial charge in [0.25, 0.3) is 0 Å². The normalized spacial score (nSPS) is 13.3. The van der Waals surface area contributed by atoms with Gasteiger partial charge in [-0.25, -0.2) is 4.57 Å². The molecule has 5 nitrogen and oxygen atoms in total. The molecule has 0 spiro atoms. The van der Waals surface area contributed by atoms with Crippen molar-refractivity contribution in [2.75, 3.05) is 39.2 Å². The van der Waals surface area contributed by atoms with Crippen LogP contribution in [0.3, 0.4) is 0 Å². The summed E-state index contributed by atoms with van der Waals surface area (Å²) in [5.74, 6) is 0.595. The number of benzene rings is 2. The highest BCUT2D eigenvalue weighted by molar-refractivity contribution is 7.54. The summed E-state index contributed by atoms with van der Waals surface area (Å²) in [6, 6.07) is 13.7. The van der Waals surface area contributed by atoms with E-state index in [0.29, 0.717) is 38.8 Å². The predicted molar refractivity (Wildman–Crippen MR) is 138 cm³/mol. The van der Waals surface area contributed by atoms with Crippen molar-refractivity contribution in [3.8, 4) is 5.75 Å². The highest BCUT2D eigenvalue weighted by Crippen LogP contribution is 2.49. The largest absolute Gasteiger partial charge is 0.424 e. The first-order valence-corrected chi connectivity index (χ1v) is 14.5. The average Bonchev–Trinajstić information content (AvgIpc) is 2.83. The second-order valence-electron chi connectivity index (χ2n) is 8.37. The second-order valence-corrected chi connectivity index (χ2v) is 10.5. The van der Waals surface area contributed by atoms with Crippen LogP contribution in [0.4, 0.5) is 0 Å². The van der Waals surface area contributed by atoms with Crippen molar-refractivity contribution in [1.82, 2.24) is 0 Å². The Bertz CT molecular complexity index is 805. The SMILES string of the molecule is CCCCCCCCCCCOP(=O)(CCOCCOCC)Oc1cccc2ccccc12. The zero-order valence-corrected chi connectivity index (χ0v) is 21.5. The molecule has 186 valence electrons. The molecule has 2 aromatic carbocycles. The summed E-state index contributed by atoms with van der Waals surface area (Å²) in [6.45, 7) is 6.62. The lowest BCUT2D eigenvalue weighted by molar-refractivity contribution is 0.0576. The van der Waals surface area contributed by atoms with Crippen LogP contribution in [-0.4, -0.2) is 39.2 Å². The summed E-state index contributed by atoms with van der Waals surface area (Å²) >= 11 is 0.